The monoisotopic (exact) mass is 276 g/mol. The third-order valence-electron chi connectivity index (χ3n) is 3.00. The van der Waals surface area contributed by atoms with Gasteiger partial charge in [-0.3, -0.25) is 0 Å². The predicted molar refractivity (Wildman–Crippen MR) is 71.1 cm³/mol. The molecule has 1 heterocycles. The lowest BCUT2D eigenvalue weighted by atomic mass is 10.0. The molecule has 1 aliphatic rings. The summed E-state index contributed by atoms with van der Waals surface area (Å²) in [7, 11) is 1.27. The van der Waals surface area contributed by atoms with Crippen LogP contribution in [0.5, 0.6) is 5.75 Å². The van der Waals surface area contributed by atoms with Crippen LogP contribution in [0.1, 0.15) is 18.9 Å². The van der Waals surface area contributed by atoms with E-state index in [4.69, 9.17) is 14.2 Å². The predicted octanol–water partition coefficient (Wildman–Crippen LogP) is 2.00. The molecule has 0 aliphatic carbocycles. The first-order chi connectivity index (χ1) is 9.67. The molecule has 1 aromatic rings. The van der Waals surface area contributed by atoms with Crippen molar-refractivity contribution in [1.82, 2.24) is 0 Å². The first-order valence-electron chi connectivity index (χ1n) is 6.41. The summed E-state index contributed by atoms with van der Waals surface area (Å²) in [6.07, 6.45) is 0.974. The third-order valence-corrected chi connectivity index (χ3v) is 3.00. The molecule has 1 aromatic carbocycles. The number of aryl methyl sites for hydroxylation is 1. The van der Waals surface area contributed by atoms with E-state index < -0.39 is 11.9 Å². The van der Waals surface area contributed by atoms with Gasteiger partial charge in [0.2, 0.25) is 5.76 Å². The second-order valence-corrected chi connectivity index (χ2v) is 4.23. The van der Waals surface area contributed by atoms with Crippen LogP contribution < -0.4 is 4.74 Å². The van der Waals surface area contributed by atoms with Gasteiger partial charge in [0.15, 0.2) is 0 Å². The minimum Gasteiger partial charge on any atom is -0.466 e. The number of carbonyl (C=O) groups is 2. The van der Waals surface area contributed by atoms with Crippen molar-refractivity contribution in [3.63, 3.8) is 0 Å². The first-order valence-corrected chi connectivity index (χ1v) is 6.41. The lowest BCUT2D eigenvalue weighted by Gasteiger charge is -2.11. The summed E-state index contributed by atoms with van der Waals surface area (Å²) in [5.74, 6) is -0.733. The minimum atomic E-state index is -0.649. The second kappa shape index (κ2) is 6.23. The number of ether oxygens (including phenoxy) is 3. The van der Waals surface area contributed by atoms with Crippen LogP contribution >= 0.6 is 0 Å². The average Bonchev–Trinajstić information content (AvgIpc) is 2.66. The number of hydrogen-bond donors (Lipinski definition) is 0. The summed E-state index contributed by atoms with van der Waals surface area (Å²) in [6, 6.07) is 7.35. The van der Waals surface area contributed by atoms with Gasteiger partial charge in [-0.1, -0.05) is 18.2 Å². The van der Waals surface area contributed by atoms with E-state index in [2.05, 4.69) is 0 Å². The Balaban J connectivity index is 2.42. The van der Waals surface area contributed by atoms with E-state index in [1.807, 2.05) is 18.2 Å². The van der Waals surface area contributed by atoms with Crippen LogP contribution in [-0.2, 0) is 25.5 Å². The topological polar surface area (TPSA) is 61.8 Å². The van der Waals surface area contributed by atoms with E-state index in [0.717, 1.165) is 5.56 Å². The largest absolute Gasteiger partial charge is 0.466 e. The Hall–Kier alpha value is -2.30. The highest BCUT2D eigenvalue weighted by molar-refractivity contribution is 5.99. The van der Waals surface area contributed by atoms with Gasteiger partial charge >= 0.3 is 11.9 Å². The molecule has 0 unspecified atom stereocenters. The standard InChI is InChI=1S/C15H16O5/c1-3-19-15(17)13-11(14(16)18-2)9-8-10-6-4-5-7-12(10)20-13/h4-7H,3,8-9H2,1-2H3. The third kappa shape index (κ3) is 2.82. The molecule has 0 spiro atoms. The van der Waals surface area contributed by atoms with Gasteiger partial charge in [-0.05, 0) is 31.4 Å². The van der Waals surface area contributed by atoms with Crippen molar-refractivity contribution in [3.8, 4) is 5.75 Å². The maximum absolute atomic E-state index is 12.0. The van der Waals surface area contributed by atoms with Gasteiger partial charge in [-0.15, -0.1) is 0 Å². The fraction of sp³-hybridized carbons (Fsp3) is 0.333. The van der Waals surface area contributed by atoms with Crippen LogP contribution in [0.3, 0.4) is 0 Å². The van der Waals surface area contributed by atoms with E-state index in [9.17, 15) is 9.59 Å². The van der Waals surface area contributed by atoms with Crippen molar-refractivity contribution in [2.75, 3.05) is 13.7 Å². The highest BCUT2D eigenvalue weighted by Crippen LogP contribution is 2.29. The quantitative estimate of drug-likeness (QED) is 0.790. The van der Waals surface area contributed by atoms with Crippen molar-refractivity contribution >= 4 is 11.9 Å². The maximum Gasteiger partial charge on any atom is 0.374 e. The molecule has 0 aromatic heterocycles. The van der Waals surface area contributed by atoms with Crippen molar-refractivity contribution in [2.24, 2.45) is 0 Å². The van der Waals surface area contributed by atoms with Gasteiger partial charge in [0.05, 0.1) is 19.3 Å². The molecule has 0 fully saturated rings. The molecule has 5 nitrogen and oxygen atoms in total. The van der Waals surface area contributed by atoms with Crippen molar-refractivity contribution in [1.29, 1.82) is 0 Å². The van der Waals surface area contributed by atoms with Crippen LogP contribution in [0, 0.1) is 0 Å². The van der Waals surface area contributed by atoms with E-state index in [1.165, 1.54) is 7.11 Å². The number of benzene rings is 1. The van der Waals surface area contributed by atoms with E-state index >= 15 is 0 Å². The number of hydrogen-bond acceptors (Lipinski definition) is 5. The summed E-state index contributed by atoms with van der Waals surface area (Å²) in [5, 5.41) is 0. The minimum absolute atomic E-state index is 0.0800. The lowest BCUT2D eigenvalue weighted by molar-refractivity contribution is -0.143. The zero-order valence-electron chi connectivity index (χ0n) is 11.5. The van der Waals surface area contributed by atoms with Crippen LogP contribution in [0.4, 0.5) is 0 Å². The fourth-order valence-corrected chi connectivity index (χ4v) is 2.03. The zero-order valence-corrected chi connectivity index (χ0v) is 11.5. The molecule has 0 bridgehead atoms. The number of para-hydroxylation sites is 1. The van der Waals surface area contributed by atoms with Gasteiger partial charge < -0.3 is 14.2 Å². The Morgan fingerprint density at radius 3 is 2.65 bits per heavy atom. The van der Waals surface area contributed by atoms with E-state index in [0.29, 0.717) is 18.6 Å². The van der Waals surface area contributed by atoms with E-state index in [-0.39, 0.29) is 17.9 Å². The molecule has 1 aliphatic heterocycles. The van der Waals surface area contributed by atoms with Crippen LogP contribution in [0.15, 0.2) is 35.6 Å². The highest BCUT2D eigenvalue weighted by Gasteiger charge is 2.28. The Morgan fingerprint density at radius 2 is 1.95 bits per heavy atom. The van der Waals surface area contributed by atoms with Crippen LogP contribution in [0.2, 0.25) is 0 Å². The summed E-state index contributed by atoms with van der Waals surface area (Å²) in [5.41, 5.74) is 1.15. The Kier molecular flexibility index (Phi) is 4.40. The van der Waals surface area contributed by atoms with Crippen LogP contribution in [0.25, 0.3) is 0 Å². The molecule has 106 valence electrons. The number of esters is 2. The molecule has 2 rings (SSSR count). The smallest absolute Gasteiger partial charge is 0.374 e. The summed E-state index contributed by atoms with van der Waals surface area (Å²) in [4.78, 5) is 23.8. The zero-order chi connectivity index (χ0) is 14.5. The molecule has 20 heavy (non-hydrogen) atoms. The second-order valence-electron chi connectivity index (χ2n) is 4.23. The summed E-state index contributed by atoms with van der Waals surface area (Å²) >= 11 is 0. The molecule has 0 atom stereocenters. The van der Waals surface area contributed by atoms with E-state index in [1.54, 1.807) is 13.0 Å². The Labute approximate surface area is 117 Å². The van der Waals surface area contributed by atoms with Gasteiger partial charge in [0.1, 0.15) is 5.75 Å². The van der Waals surface area contributed by atoms with Crippen molar-refractivity contribution < 1.29 is 23.8 Å². The van der Waals surface area contributed by atoms with Gasteiger partial charge in [0, 0.05) is 0 Å². The number of carbonyl (C=O) groups excluding carboxylic acids is 2. The van der Waals surface area contributed by atoms with Crippen molar-refractivity contribution in [3.05, 3.63) is 41.2 Å². The molecule has 5 heteroatoms. The normalized spacial score (nSPS) is 13.9. The highest BCUT2D eigenvalue weighted by atomic mass is 16.6. The van der Waals surface area contributed by atoms with Crippen LogP contribution in [-0.4, -0.2) is 25.7 Å². The van der Waals surface area contributed by atoms with Gasteiger partial charge in [-0.25, -0.2) is 9.59 Å². The molecule has 0 saturated heterocycles. The van der Waals surface area contributed by atoms with Crippen molar-refractivity contribution in [2.45, 2.75) is 19.8 Å². The first kappa shape index (κ1) is 14.1. The molecule has 0 radical (unpaired) electrons. The SMILES string of the molecule is CCOC(=O)C1=C(C(=O)OC)CCc2ccccc2O1. The molecule has 0 amide bonds. The number of rotatable bonds is 3. The summed E-state index contributed by atoms with van der Waals surface area (Å²) in [6.45, 7) is 1.91. The molecular formula is C15H16O5. The number of methoxy groups -OCH3 is 1. The molecule has 0 N–H and O–H groups in total. The van der Waals surface area contributed by atoms with Gasteiger partial charge in [0.25, 0.3) is 0 Å². The average molecular weight is 276 g/mol. The molecule has 0 saturated carbocycles. The number of fused-ring (bicyclic) bond motifs is 1. The van der Waals surface area contributed by atoms with Gasteiger partial charge in [-0.2, -0.15) is 0 Å². The molecular weight excluding hydrogens is 260 g/mol. The maximum atomic E-state index is 12.0. The lowest BCUT2D eigenvalue weighted by Crippen LogP contribution is -2.19. The fourth-order valence-electron chi connectivity index (χ4n) is 2.03. The Morgan fingerprint density at radius 1 is 1.20 bits per heavy atom. The Bertz CT molecular complexity index is 559. The summed E-state index contributed by atoms with van der Waals surface area (Å²) < 4.78 is 15.3.